The van der Waals surface area contributed by atoms with Crippen molar-refractivity contribution in [3.05, 3.63) is 47.8 Å². The van der Waals surface area contributed by atoms with Crippen LogP contribution in [0.4, 0.5) is 5.69 Å². The Labute approximate surface area is 109 Å². The second-order valence-electron chi connectivity index (χ2n) is 5.08. The second kappa shape index (κ2) is 5.25. The lowest BCUT2D eigenvalue weighted by molar-refractivity contribution is 0.532. The van der Waals surface area contributed by atoms with Gasteiger partial charge >= 0.3 is 0 Å². The fourth-order valence-corrected chi connectivity index (χ4v) is 1.88. The van der Waals surface area contributed by atoms with Crippen LogP contribution >= 0.6 is 0 Å². The molecule has 0 aliphatic carbocycles. The highest BCUT2D eigenvalue weighted by atomic mass is 15.3. The quantitative estimate of drug-likeness (QED) is 0.881. The average Bonchev–Trinajstić information content (AvgIpc) is 2.78. The molecule has 0 spiro atoms. The van der Waals surface area contributed by atoms with Crippen molar-refractivity contribution in [1.29, 1.82) is 0 Å². The minimum absolute atomic E-state index is 0.287. The van der Waals surface area contributed by atoms with E-state index in [9.17, 15) is 0 Å². The summed E-state index contributed by atoms with van der Waals surface area (Å²) < 4.78 is 1.96. The van der Waals surface area contributed by atoms with E-state index in [1.807, 2.05) is 10.9 Å². The average molecular weight is 243 g/mol. The highest BCUT2D eigenvalue weighted by Crippen LogP contribution is 2.19. The predicted octanol–water partition coefficient (Wildman–Crippen LogP) is 3.95. The molecule has 0 saturated heterocycles. The van der Waals surface area contributed by atoms with E-state index in [1.54, 1.807) is 0 Å². The van der Waals surface area contributed by atoms with Crippen LogP contribution in [0.3, 0.4) is 0 Å². The zero-order valence-corrected chi connectivity index (χ0v) is 11.5. The fraction of sp³-hybridized carbons (Fsp3) is 0.400. The van der Waals surface area contributed by atoms with Crippen molar-refractivity contribution < 1.29 is 0 Å². The Morgan fingerprint density at radius 2 is 1.78 bits per heavy atom. The van der Waals surface area contributed by atoms with Gasteiger partial charge < -0.3 is 5.32 Å². The van der Waals surface area contributed by atoms with Gasteiger partial charge in [-0.1, -0.05) is 29.8 Å². The van der Waals surface area contributed by atoms with E-state index in [1.165, 1.54) is 11.1 Å². The molecule has 0 fully saturated rings. The van der Waals surface area contributed by atoms with Crippen LogP contribution in [0.15, 0.2) is 36.7 Å². The summed E-state index contributed by atoms with van der Waals surface area (Å²) in [7, 11) is 0. The smallest absolute Gasteiger partial charge is 0.0731 e. The van der Waals surface area contributed by atoms with Crippen LogP contribution in [-0.4, -0.2) is 9.78 Å². The first kappa shape index (κ1) is 12.7. The van der Waals surface area contributed by atoms with E-state index in [0.717, 1.165) is 5.69 Å². The molecule has 1 heterocycles. The molecule has 0 bridgehead atoms. The molecule has 0 radical (unpaired) electrons. The summed E-state index contributed by atoms with van der Waals surface area (Å²) in [6, 6.07) is 9.31. The number of nitrogens with one attached hydrogen (secondary N) is 1. The highest BCUT2D eigenvalue weighted by molar-refractivity contribution is 5.41. The number of hydrogen-bond acceptors (Lipinski definition) is 2. The predicted molar refractivity (Wildman–Crippen MR) is 75.8 cm³/mol. The summed E-state index contributed by atoms with van der Waals surface area (Å²) in [5.41, 5.74) is 3.65. The molecular formula is C15H21N3. The van der Waals surface area contributed by atoms with E-state index < -0.39 is 0 Å². The maximum atomic E-state index is 4.33. The van der Waals surface area contributed by atoms with Crippen LogP contribution in [0.5, 0.6) is 0 Å². The lowest BCUT2D eigenvalue weighted by Gasteiger charge is -2.14. The molecular weight excluding hydrogens is 222 g/mol. The number of nitrogens with zero attached hydrogens (tertiary/aromatic N) is 2. The largest absolute Gasteiger partial charge is 0.376 e. The van der Waals surface area contributed by atoms with Crippen LogP contribution in [0, 0.1) is 6.92 Å². The maximum Gasteiger partial charge on any atom is 0.0731 e. The summed E-state index contributed by atoms with van der Waals surface area (Å²) in [5.74, 6) is 0. The third kappa shape index (κ3) is 2.92. The molecule has 3 heteroatoms. The van der Waals surface area contributed by atoms with Crippen molar-refractivity contribution in [3.8, 4) is 0 Å². The van der Waals surface area contributed by atoms with E-state index in [2.05, 4.69) is 68.6 Å². The maximum absolute atomic E-state index is 4.33. The van der Waals surface area contributed by atoms with Crippen molar-refractivity contribution >= 4 is 5.69 Å². The first-order valence-electron chi connectivity index (χ1n) is 6.43. The molecule has 2 aromatic rings. The first-order valence-corrected chi connectivity index (χ1v) is 6.43. The minimum Gasteiger partial charge on any atom is -0.376 e. The highest BCUT2D eigenvalue weighted by Gasteiger charge is 2.07. The fourth-order valence-electron chi connectivity index (χ4n) is 1.88. The standard InChI is InChI=1S/C15H21N3/c1-11(2)18-10-15(9-16-18)17-13(4)14-7-5-12(3)6-8-14/h5-11,13,17H,1-4H3. The van der Waals surface area contributed by atoms with Crippen molar-refractivity contribution in [1.82, 2.24) is 9.78 Å². The van der Waals surface area contributed by atoms with E-state index in [4.69, 9.17) is 0 Å². The van der Waals surface area contributed by atoms with Crippen LogP contribution in [0.2, 0.25) is 0 Å². The Bertz CT molecular complexity index is 497. The molecule has 2 rings (SSSR count). The van der Waals surface area contributed by atoms with Gasteiger partial charge in [0, 0.05) is 18.3 Å². The molecule has 1 aromatic carbocycles. The molecule has 18 heavy (non-hydrogen) atoms. The summed E-state index contributed by atoms with van der Waals surface area (Å²) in [5, 5.41) is 7.80. The number of aryl methyl sites for hydroxylation is 1. The molecule has 1 aromatic heterocycles. The normalized spacial score (nSPS) is 12.7. The van der Waals surface area contributed by atoms with Crippen molar-refractivity contribution in [3.63, 3.8) is 0 Å². The van der Waals surface area contributed by atoms with E-state index in [0.29, 0.717) is 6.04 Å². The molecule has 0 aliphatic heterocycles. The Balaban J connectivity index is 2.06. The Kier molecular flexibility index (Phi) is 3.70. The van der Waals surface area contributed by atoms with Gasteiger partial charge in [-0.2, -0.15) is 5.10 Å². The molecule has 3 nitrogen and oxygen atoms in total. The number of rotatable bonds is 4. The third-order valence-electron chi connectivity index (χ3n) is 3.09. The van der Waals surface area contributed by atoms with Gasteiger partial charge in [-0.3, -0.25) is 4.68 Å². The number of aromatic nitrogens is 2. The molecule has 1 atom stereocenters. The van der Waals surface area contributed by atoms with Gasteiger partial charge in [0.1, 0.15) is 0 Å². The second-order valence-corrected chi connectivity index (χ2v) is 5.08. The minimum atomic E-state index is 0.287. The molecule has 0 amide bonds. The Morgan fingerprint density at radius 1 is 1.11 bits per heavy atom. The summed E-state index contributed by atoms with van der Waals surface area (Å²) >= 11 is 0. The van der Waals surface area contributed by atoms with Gasteiger partial charge in [0.25, 0.3) is 0 Å². The zero-order valence-electron chi connectivity index (χ0n) is 11.5. The molecule has 1 unspecified atom stereocenters. The van der Waals surface area contributed by atoms with Gasteiger partial charge in [0.15, 0.2) is 0 Å². The van der Waals surface area contributed by atoms with E-state index in [-0.39, 0.29) is 6.04 Å². The van der Waals surface area contributed by atoms with Gasteiger partial charge in [-0.15, -0.1) is 0 Å². The first-order chi connectivity index (χ1) is 8.56. The van der Waals surface area contributed by atoms with Gasteiger partial charge in [0.2, 0.25) is 0 Å². The number of benzene rings is 1. The van der Waals surface area contributed by atoms with Crippen LogP contribution in [-0.2, 0) is 0 Å². The number of hydrogen-bond donors (Lipinski definition) is 1. The number of anilines is 1. The lowest BCUT2D eigenvalue weighted by Crippen LogP contribution is -2.06. The van der Waals surface area contributed by atoms with Crippen LogP contribution in [0.1, 0.15) is 44.0 Å². The summed E-state index contributed by atoms with van der Waals surface area (Å²) in [6.45, 7) is 8.52. The summed E-state index contributed by atoms with van der Waals surface area (Å²) in [4.78, 5) is 0. The summed E-state index contributed by atoms with van der Waals surface area (Å²) in [6.07, 6.45) is 3.93. The lowest BCUT2D eigenvalue weighted by atomic mass is 10.1. The third-order valence-corrected chi connectivity index (χ3v) is 3.09. The Hall–Kier alpha value is -1.77. The SMILES string of the molecule is Cc1ccc(C(C)Nc2cnn(C(C)C)c2)cc1. The van der Waals surface area contributed by atoms with Crippen molar-refractivity contribution in [2.45, 2.75) is 39.8 Å². The van der Waals surface area contributed by atoms with Gasteiger partial charge in [0.05, 0.1) is 11.9 Å². The van der Waals surface area contributed by atoms with Gasteiger partial charge in [-0.25, -0.2) is 0 Å². The molecule has 0 aliphatic rings. The van der Waals surface area contributed by atoms with Crippen molar-refractivity contribution in [2.75, 3.05) is 5.32 Å². The van der Waals surface area contributed by atoms with Crippen LogP contribution in [0.25, 0.3) is 0 Å². The Morgan fingerprint density at radius 3 is 2.33 bits per heavy atom. The zero-order chi connectivity index (χ0) is 13.1. The molecule has 1 N–H and O–H groups in total. The monoisotopic (exact) mass is 243 g/mol. The van der Waals surface area contributed by atoms with E-state index >= 15 is 0 Å². The molecule has 96 valence electrons. The molecule has 0 saturated carbocycles. The van der Waals surface area contributed by atoms with Crippen molar-refractivity contribution in [2.24, 2.45) is 0 Å². The topological polar surface area (TPSA) is 29.9 Å². The van der Waals surface area contributed by atoms with Crippen LogP contribution < -0.4 is 5.32 Å². The van der Waals surface area contributed by atoms with Gasteiger partial charge in [-0.05, 0) is 33.3 Å².